The van der Waals surface area contributed by atoms with Crippen LogP contribution in [0.5, 0.6) is 0 Å². The van der Waals surface area contributed by atoms with Crippen molar-refractivity contribution in [2.24, 2.45) is 0 Å². The number of hydrogen-bond donors (Lipinski definition) is 1. The quantitative estimate of drug-likeness (QED) is 0.757. The van der Waals surface area contributed by atoms with Crippen molar-refractivity contribution in [1.82, 2.24) is 9.80 Å². The average Bonchev–Trinajstić information content (AvgIpc) is 2.91. The van der Waals surface area contributed by atoms with Gasteiger partial charge in [0.15, 0.2) is 0 Å². The van der Waals surface area contributed by atoms with E-state index in [9.17, 15) is 5.11 Å². The highest BCUT2D eigenvalue weighted by Crippen LogP contribution is 2.17. The van der Waals surface area contributed by atoms with Crippen LogP contribution in [-0.2, 0) is 11.3 Å². The van der Waals surface area contributed by atoms with Crippen molar-refractivity contribution in [3.8, 4) is 0 Å². The van der Waals surface area contributed by atoms with Crippen LogP contribution in [0.1, 0.15) is 24.8 Å². The predicted molar refractivity (Wildman–Crippen MR) is 89.9 cm³/mol. The fraction of sp³-hybridized carbons (Fsp3) is 0.667. The summed E-state index contributed by atoms with van der Waals surface area (Å²) in [7, 11) is 4.29. The molecular weight excluding hydrogens is 276 g/mol. The van der Waals surface area contributed by atoms with Gasteiger partial charge in [0.2, 0.25) is 0 Å². The fourth-order valence-electron chi connectivity index (χ4n) is 3.10. The molecule has 0 saturated carbocycles. The van der Waals surface area contributed by atoms with E-state index in [4.69, 9.17) is 4.74 Å². The lowest BCUT2D eigenvalue weighted by Crippen LogP contribution is -2.35. The molecule has 22 heavy (non-hydrogen) atoms. The molecule has 1 saturated heterocycles. The Hall–Kier alpha value is -0.940. The largest absolute Gasteiger partial charge is 0.389 e. The van der Waals surface area contributed by atoms with E-state index in [0.717, 1.165) is 12.1 Å². The van der Waals surface area contributed by atoms with Crippen LogP contribution in [0, 0.1) is 0 Å². The van der Waals surface area contributed by atoms with Crippen LogP contribution in [0.2, 0.25) is 0 Å². The third-order valence-corrected chi connectivity index (χ3v) is 4.46. The van der Waals surface area contributed by atoms with E-state index in [-0.39, 0.29) is 0 Å². The van der Waals surface area contributed by atoms with E-state index in [1.807, 2.05) is 30.3 Å². The number of hydrogen-bond acceptors (Lipinski definition) is 4. The fourth-order valence-corrected chi connectivity index (χ4v) is 3.10. The second kappa shape index (κ2) is 9.26. The zero-order chi connectivity index (χ0) is 15.8. The molecule has 0 spiro atoms. The van der Waals surface area contributed by atoms with Crippen molar-refractivity contribution in [1.29, 1.82) is 0 Å². The summed E-state index contributed by atoms with van der Waals surface area (Å²) in [6.45, 7) is 3.89. The van der Waals surface area contributed by atoms with Gasteiger partial charge in [0.25, 0.3) is 0 Å². The Morgan fingerprint density at radius 1 is 1.36 bits per heavy atom. The molecule has 0 aliphatic carbocycles. The van der Waals surface area contributed by atoms with E-state index in [2.05, 4.69) is 23.9 Å². The third-order valence-electron chi connectivity index (χ3n) is 4.46. The highest BCUT2D eigenvalue weighted by Gasteiger charge is 2.21. The molecule has 0 bridgehead atoms. The number of likely N-dealkylation sites (N-methyl/N-ethyl adjacent to an activating group) is 1. The number of rotatable bonds is 9. The van der Waals surface area contributed by atoms with Crippen molar-refractivity contribution >= 4 is 0 Å². The van der Waals surface area contributed by atoms with E-state index in [1.54, 1.807) is 0 Å². The van der Waals surface area contributed by atoms with Crippen LogP contribution in [0.25, 0.3) is 0 Å². The van der Waals surface area contributed by atoms with Gasteiger partial charge in [-0.3, -0.25) is 0 Å². The summed E-state index contributed by atoms with van der Waals surface area (Å²) in [5.41, 5.74) is 1.15. The minimum absolute atomic E-state index is 0.391. The second-order valence-corrected chi connectivity index (χ2v) is 6.48. The van der Waals surface area contributed by atoms with Crippen molar-refractivity contribution in [3.05, 3.63) is 35.9 Å². The Morgan fingerprint density at radius 3 is 2.82 bits per heavy atom. The van der Waals surface area contributed by atoms with Gasteiger partial charge < -0.3 is 19.6 Å². The number of benzene rings is 1. The third kappa shape index (κ3) is 6.05. The molecule has 2 rings (SSSR count). The maximum Gasteiger partial charge on any atom is 0.0900 e. The molecule has 0 amide bonds. The molecule has 0 radical (unpaired) electrons. The number of aliphatic hydroxyl groups excluding tert-OH is 1. The summed E-state index contributed by atoms with van der Waals surface area (Å²) in [4.78, 5) is 4.66. The molecule has 1 heterocycles. The lowest BCUT2D eigenvalue weighted by atomic mass is 10.1. The monoisotopic (exact) mass is 306 g/mol. The first-order valence-corrected chi connectivity index (χ1v) is 8.33. The summed E-state index contributed by atoms with van der Waals surface area (Å²) < 4.78 is 5.59. The zero-order valence-electron chi connectivity index (χ0n) is 13.9. The van der Waals surface area contributed by atoms with Gasteiger partial charge >= 0.3 is 0 Å². The van der Waals surface area contributed by atoms with E-state index in [0.29, 0.717) is 25.8 Å². The normalized spacial score (nSPS) is 20.6. The van der Waals surface area contributed by atoms with Gasteiger partial charge in [0.1, 0.15) is 0 Å². The van der Waals surface area contributed by atoms with Gasteiger partial charge in [-0.15, -0.1) is 0 Å². The molecule has 0 aromatic heterocycles. The van der Waals surface area contributed by atoms with Crippen LogP contribution >= 0.6 is 0 Å². The Kier molecular flexibility index (Phi) is 7.33. The average molecular weight is 306 g/mol. The van der Waals surface area contributed by atoms with Crippen molar-refractivity contribution in [2.75, 3.05) is 40.3 Å². The molecule has 1 aromatic rings. The molecule has 4 heteroatoms. The van der Waals surface area contributed by atoms with Crippen LogP contribution in [-0.4, -0.2) is 67.4 Å². The SMILES string of the molecule is CN(CC[C@H]1CCCN1C)C[C@H](O)COCc1ccccc1. The molecule has 4 nitrogen and oxygen atoms in total. The van der Waals surface area contributed by atoms with E-state index >= 15 is 0 Å². The first kappa shape index (κ1) is 17.4. The number of ether oxygens (including phenoxy) is 1. The number of nitrogens with zero attached hydrogens (tertiary/aromatic N) is 2. The molecule has 2 atom stereocenters. The predicted octanol–water partition coefficient (Wildman–Crippen LogP) is 1.98. The topological polar surface area (TPSA) is 35.9 Å². The summed E-state index contributed by atoms with van der Waals surface area (Å²) >= 11 is 0. The molecule has 124 valence electrons. The summed E-state index contributed by atoms with van der Waals surface area (Å²) in [5.74, 6) is 0. The van der Waals surface area contributed by atoms with E-state index in [1.165, 1.54) is 25.8 Å². The minimum Gasteiger partial charge on any atom is -0.389 e. The molecule has 0 unspecified atom stereocenters. The van der Waals surface area contributed by atoms with Gasteiger partial charge in [0, 0.05) is 12.6 Å². The highest BCUT2D eigenvalue weighted by molar-refractivity contribution is 5.13. The number of aliphatic hydroxyl groups is 1. The Labute approximate surface area is 134 Å². The second-order valence-electron chi connectivity index (χ2n) is 6.48. The van der Waals surface area contributed by atoms with Crippen LogP contribution in [0.4, 0.5) is 0 Å². The van der Waals surface area contributed by atoms with Crippen molar-refractivity contribution in [2.45, 2.75) is 38.0 Å². The summed E-state index contributed by atoms with van der Waals surface area (Å²) in [5, 5.41) is 10.1. The van der Waals surface area contributed by atoms with Crippen molar-refractivity contribution < 1.29 is 9.84 Å². The van der Waals surface area contributed by atoms with Gasteiger partial charge in [-0.25, -0.2) is 0 Å². The van der Waals surface area contributed by atoms with Gasteiger partial charge in [-0.1, -0.05) is 30.3 Å². The molecule has 1 aliphatic rings. The van der Waals surface area contributed by atoms with Gasteiger partial charge in [-0.2, -0.15) is 0 Å². The first-order valence-electron chi connectivity index (χ1n) is 8.33. The van der Waals surface area contributed by atoms with Crippen LogP contribution < -0.4 is 0 Å². The summed E-state index contributed by atoms with van der Waals surface area (Å²) in [6.07, 6.45) is 3.40. The Balaban J connectivity index is 1.56. The van der Waals surface area contributed by atoms with Gasteiger partial charge in [-0.05, 0) is 52.0 Å². The Morgan fingerprint density at radius 2 is 2.14 bits per heavy atom. The molecule has 1 aliphatic heterocycles. The molecule has 1 N–H and O–H groups in total. The standard InChI is InChI=1S/C18H30N2O2/c1-19(12-10-17-9-6-11-20(17)2)13-18(21)15-22-14-16-7-4-3-5-8-16/h3-5,7-8,17-18,21H,6,9-15H2,1-2H3/t17-,18+/m1/s1. The van der Waals surface area contributed by atoms with Gasteiger partial charge in [0.05, 0.1) is 19.3 Å². The van der Waals surface area contributed by atoms with E-state index < -0.39 is 6.10 Å². The molecular formula is C18H30N2O2. The number of likely N-dealkylation sites (tertiary alicyclic amines) is 1. The zero-order valence-corrected chi connectivity index (χ0v) is 13.9. The summed E-state index contributed by atoms with van der Waals surface area (Å²) in [6, 6.07) is 10.8. The smallest absolute Gasteiger partial charge is 0.0900 e. The van der Waals surface area contributed by atoms with Crippen LogP contribution in [0.3, 0.4) is 0 Å². The lowest BCUT2D eigenvalue weighted by Gasteiger charge is -2.24. The molecule has 1 aromatic carbocycles. The first-order chi connectivity index (χ1) is 10.6. The molecule has 1 fully saturated rings. The lowest BCUT2D eigenvalue weighted by molar-refractivity contribution is 0.0130. The van der Waals surface area contributed by atoms with Crippen molar-refractivity contribution in [3.63, 3.8) is 0 Å². The maximum atomic E-state index is 10.1. The highest BCUT2D eigenvalue weighted by atomic mass is 16.5. The minimum atomic E-state index is -0.421. The van der Waals surface area contributed by atoms with Crippen LogP contribution in [0.15, 0.2) is 30.3 Å². The Bertz CT molecular complexity index is 413. The maximum absolute atomic E-state index is 10.1.